The van der Waals surface area contributed by atoms with Crippen molar-refractivity contribution in [2.45, 2.75) is 26.3 Å². The monoisotopic (exact) mass is 427 g/mol. The van der Waals surface area contributed by atoms with Gasteiger partial charge in [0.25, 0.3) is 5.91 Å². The molecule has 8 heteroatoms. The predicted octanol–water partition coefficient (Wildman–Crippen LogP) is 3.04. The first kappa shape index (κ1) is 22.0. The van der Waals surface area contributed by atoms with Crippen molar-refractivity contribution in [3.63, 3.8) is 0 Å². The molecule has 0 aliphatic rings. The lowest BCUT2D eigenvalue weighted by Crippen LogP contribution is -2.28. The molecule has 7 nitrogen and oxygen atoms in total. The van der Waals surface area contributed by atoms with Crippen molar-refractivity contribution in [1.29, 1.82) is 0 Å². The zero-order valence-electron chi connectivity index (χ0n) is 17.2. The molecule has 3 rings (SSSR count). The summed E-state index contributed by atoms with van der Waals surface area (Å²) >= 11 is 0. The van der Waals surface area contributed by atoms with E-state index in [1.54, 1.807) is 43.3 Å². The number of methoxy groups -OCH3 is 1. The first-order chi connectivity index (χ1) is 14.9. The van der Waals surface area contributed by atoms with E-state index < -0.39 is 29.9 Å². The van der Waals surface area contributed by atoms with Crippen LogP contribution in [0.25, 0.3) is 11.0 Å². The van der Waals surface area contributed by atoms with Gasteiger partial charge in [0.2, 0.25) is 0 Å². The maximum Gasteiger partial charge on any atom is 0.339 e. The van der Waals surface area contributed by atoms with E-state index in [0.717, 1.165) is 5.39 Å². The van der Waals surface area contributed by atoms with Gasteiger partial charge in [0.15, 0.2) is 6.61 Å². The van der Waals surface area contributed by atoms with Gasteiger partial charge in [-0.1, -0.05) is 18.2 Å². The van der Waals surface area contributed by atoms with Crippen LogP contribution in [0.2, 0.25) is 0 Å². The molecule has 31 heavy (non-hydrogen) atoms. The molecule has 0 fully saturated rings. The van der Waals surface area contributed by atoms with Crippen molar-refractivity contribution in [3.8, 4) is 5.75 Å². The summed E-state index contributed by atoms with van der Waals surface area (Å²) in [6.45, 7) is 1.28. The molecule has 0 aliphatic heterocycles. The van der Waals surface area contributed by atoms with Crippen LogP contribution in [0.1, 0.15) is 23.1 Å². The van der Waals surface area contributed by atoms with E-state index in [9.17, 15) is 18.8 Å². The largest absolute Gasteiger partial charge is 0.497 e. The third-order valence-electron chi connectivity index (χ3n) is 4.87. The highest BCUT2D eigenvalue weighted by Gasteiger charge is 2.15. The van der Waals surface area contributed by atoms with Crippen molar-refractivity contribution >= 4 is 22.8 Å². The minimum atomic E-state index is -0.630. The summed E-state index contributed by atoms with van der Waals surface area (Å²) < 4.78 is 29.0. The van der Waals surface area contributed by atoms with Crippen LogP contribution in [0.4, 0.5) is 4.39 Å². The highest BCUT2D eigenvalue weighted by atomic mass is 19.1. The molecule has 0 aliphatic carbocycles. The molecule has 0 saturated heterocycles. The lowest BCUT2D eigenvalue weighted by atomic mass is 10.0. The molecule has 0 atom stereocenters. The topological polar surface area (TPSA) is 94.8 Å². The second-order valence-corrected chi connectivity index (χ2v) is 6.88. The van der Waals surface area contributed by atoms with Crippen molar-refractivity contribution in [3.05, 3.63) is 75.4 Å². The van der Waals surface area contributed by atoms with Crippen LogP contribution in [0.5, 0.6) is 5.75 Å². The van der Waals surface area contributed by atoms with Gasteiger partial charge in [-0.25, -0.2) is 9.18 Å². The Morgan fingerprint density at radius 3 is 2.68 bits per heavy atom. The first-order valence-electron chi connectivity index (χ1n) is 9.65. The van der Waals surface area contributed by atoms with E-state index in [1.165, 1.54) is 13.2 Å². The van der Waals surface area contributed by atoms with E-state index in [2.05, 4.69) is 5.32 Å². The quantitative estimate of drug-likeness (QED) is 0.439. The fraction of sp³-hybridized carbons (Fsp3) is 0.261. The normalized spacial score (nSPS) is 10.7. The average Bonchev–Trinajstić information content (AvgIpc) is 2.76. The summed E-state index contributed by atoms with van der Waals surface area (Å²) in [4.78, 5) is 36.2. The molecule has 1 aromatic heterocycles. The van der Waals surface area contributed by atoms with Gasteiger partial charge in [-0.3, -0.25) is 9.59 Å². The van der Waals surface area contributed by atoms with E-state index >= 15 is 0 Å². The average molecular weight is 427 g/mol. The summed E-state index contributed by atoms with van der Waals surface area (Å²) in [5, 5.41) is 3.23. The van der Waals surface area contributed by atoms with Crippen LogP contribution in [-0.4, -0.2) is 25.6 Å². The minimum absolute atomic E-state index is 0.00876. The van der Waals surface area contributed by atoms with Crippen LogP contribution in [-0.2, 0) is 27.3 Å². The SMILES string of the molecule is COc1ccc2c(C)c(CCC(=O)OCC(=O)NCc3ccccc3F)c(=O)oc2c1. The van der Waals surface area contributed by atoms with Crippen LogP contribution in [0.15, 0.2) is 51.7 Å². The summed E-state index contributed by atoms with van der Waals surface area (Å²) in [7, 11) is 1.52. The molecule has 2 aromatic carbocycles. The molecule has 3 aromatic rings. The number of carbonyl (C=O) groups is 2. The molecule has 162 valence electrons. The van der Waals surface area contributed by atoms with E-state index in [-0.39, 0.29) is 19.4 Å². The molecule has 0 unspecified atom stereocenters. The molecule has 1 heterocycles. The van der Waals surface area contributed by atoms with Crippen LogP contribution >= 0.6 is 0 Å². The van der Waals surface area contributed by atoms with Crippen molar-refractivity contribution in [2.24, 2.45) is 0 Å². The van der Waals surface area contributed by atoms with Gasteiger partial charge in [0, 0.05) is 35.5 Å². The van der Waals surface area contributed by atoms with Gasteiger partial charge in [-0.05, 0) is 37.1 Å². The number of rotatable bonds is 8. The van der Waals surface area contributed by atoms with E-state index in [1.807, 2.05) is 0 Å². The number of ether oxygens (including phenoxy) is 2. The predicted molar refractivity (Wildman–Crippen MR) is 111 cm³/mol. The molecule has 0 bridgehead atoms. The molecule has 0 saturated carbocycles. The van der Waals surface area contributed by atoms with Crippen molar-refractivity contribution in [2.75, 3.05) is 13.7 Å². The number of hydrogen-bond acceptors (Lipinski definition) is 6. The van der Waals surface area contributed by atoms with Crippen LogP contribution in [0.3, 0.4) is 0 Å². The molecule has 0 radical (unpaired) electrons. The Labute approximate surface area is 177 Å². The number of amides is 1. The van der Waals surface area contributed by atoms with Crippen molar-refractivity contribution in [1.82, 2.24) is 5.32 Å². The molecule has 0 spiro atoms. The lowest BCUT2D eigenvalue weighted by molar-refractivity contribution is -0.148. The zero-order valence-corrected chi connectivity index (χ0v) is 17.2. The maximum atomic E-state index is 13.5. The molecular weight excluding hydrogens is 405 g/mol. The second-order valence-electron chi connectivity index (χ2n) is 6.88. The maximum absolute atomic E-state index is 13.5. The number of nitrogens with one attached hydrogen (secondary N) is 1. The van der Waals surface area contributed by atoms with Gasteiger partial charge in [0.1, 0.15) is 17.1 Å². The lowest BCUT2D eigenvalue weighted by Gasteiger charge is -2.09. The summed E-state index contributed by atoms with van der Waals surface area (Å²) in [5.41, 5.74) is 1.29. The highest BCUT2D eigenvalue weighted by molar-refractivity contribution is 5.83. The Morgan fingerprint density at radius 2 is 1.94 bits per heavy atom. The smallest absolute Gasteiger partial charge is 0.339 e. The minimum Gasteiger partial charge on any atom is -0.497 e. The standard InChI is InChI=1S/C23H22FNO6/c1-14-17-8-7-16(29-2)11-20(17)31-23(28)18(14)9-10-22(27)30-13-21(26)25-12-15-5-3-4-6-19(15)24/h3-8,11H,9-10,12-13H2,1-2H3,(H,25,26). The number of halogens is 1. The Kier molecular flexibility index (Phi) is 7.02. The third-order valence-corrected chi connectivity index (χ3v) is 4.87. The number of hydrogen-bond donors (Lipinski definition) is 1. The fourth-order valence-electron chi connectivity index (χ4n) is 3.12. The Bertz CT molecular complexity index is 1170. The molecule has 1 amide bonds. The van der Waals surface area contributed by atoms with Crippen LogP contribution < -0.4 is 15.7 Å². The summed E-state index contributed by atoms with van der Waals surface area (Å²) in [6.07, 6.45) is 0.0275. The molecular formula is C23H22FNO6. The number of esters is 1. The second kappa shape index (κ2) is 9.88. The first-order valence-corrected chi connectivity index (χ1v) is 9.65. The number of fused-ring (bicyclic) bond motifs is 1. The van der Waals surface area contributed by atoms with E-state index in [0.29, 0.717) is 28.0 Å². The Morgan fingerprint density at radius 1 is 1.16 bits per heavy atom. The van der Waals surface area contributed by atoms with Crippen molar-refractivity contribution < 1.29 is 27.9 Å². The van der Waals surface area contributed by atoms with Gasteiger partial charge in [0.05, 0.1) is 7.11 Å². The third kappa shape index (κ3) is 5.48. The number of carbonyl (C=O) groups excluding carboxylic acids is 2. The summed E-state index contributed by atoms with van der Waals surface area (Å²) in [5.74, 6) is -1.04. The van der Waals surface area contributed by atoms with E-state index in [4.69, 9.17) is 13.9 Å². The zero-order chi connectivity index (χ0) is 22.4. The Hall–Kier alpha value is -3.68. The Balaban J connectivity index is 1.53. The summed E-state index contributed by atoms with van der Waals surface area (Å²) in [6, 6.07) is 11.2. The van der Waals surface area contributed by atoms with Gasteiger partial charge >= 0.3 is 11.6 Å². The number of aryl methyl sites for hydroxylation is 1. The highest BCUT2D eigenvalue weighted by Crippen LogP contribution is 2.24. The molecule has 1 N–H and O–H groups in total. The van der Waals surface area contributed by atoms with Gasteiger partial charge in [-0.2, -0.15) is 0 Å². The number of benzene rings is 2. The van der Waals surface area contributed by atoms with Gasteiger partial charge in [-0.15, -0.1) is 0 Å². The van der Waals surface area contributed by atoms with Crippen LogP contribution in [0, 0.1) is 12.7 Å². The fourth-order valence-corrected chi connectivity index (χ4v) is 3.12. The van der Waals surface area contributed by atoms with Gasteiger partial charge < -0.3 is 19.2 Å².